The molecule has 0 radical (unpaired) electrons. The van der Waals surface area contributed by atoms with Crippen LogP contribution in [-0.2, 0) is 9.53 Å². The molecule has 0 amide bonds. The van der Waals surface area contributed by atoms with E-state index in [1.165, 1.54) is 89.9 Å². The Bertz CT molecular complexity index is 364. The topological polar surface area (TPSA) is 29.5 Å². The van der Waals surface area contributed by atoms with Crippen LogP contribution in [0.2, 0.25) is 0 Å². The molecule has 0 N–H and O–H groups in total. The minimum Gasteiger partial charge on any atom is -0.461 e. The average molecular weight is 396 g/mol. The van der Waals surface area contributed by atoms with E-state index in [9.17, 15) is 4.79 Å². The summed E-state index contributed by atoms with van der Waals surface area (Å²) in [6.45, 7) is 12.3. The molecule has 3 heteroatoms. The van der Waals surface area contributed by atoms with Gasteiger partial charge in [0, 0.05) is 13.1 Å². The summed E-state index contributed by atoms with van der Waals surface area (Å²) in [5, 5.41) is 0. The zero-order valence-corrected chi connectivity index (χ0v) is 19.4. The van der Waals surface area contributed by atoms with E-state index in [-0.39, 0.29) is 5.97 Å². The Hall–Kier alpha value is -0.990. The Morgan fingerprint density at radius 2 is 1.00 bits per heavy atom. The number of ether oxygens (including phenoxy) is 1. The predicted octanol–water partition coefficient (Wildman–Crippen LogP) is 7.65. The van der Waals surface area contributed by atoms with Crippen molar-refractivity contribution in [3.05, 3.63) is 12.3 Å². The van der Waals surface area contributed by atoms with Gasteiger partial charge in [-0.2, -0.15) is 0 Å². The van der Waals surface area contributed by atoms with E-state index >= 15 is 0 Å². The van der Waals surface area contributed by atoms with Gasteiger partial charge >= 0.3 is 5.97 Å². The summed E-state index contributed by atoms with van der Waals surface area (Å²) in [5.74, 6) is -0.260. The van der Waals surface area contributed by atoms with Gasteiger partial charge in [0.1, 0.15) is 5.70 Å². The van der Waals surface area contributed by atoms with Gasteiger partial charge in [-0.15, -0.1) is 0 Å². The third kappa shape index (κ3) is 16.0. The Morgan fingerprint density at radius 1 is 0.643 bits per heavy atom. The zero-order chi connectivity index (χ0) is 20.9. The summed E-state index contributed by atoms with van der Waals surface area (Å²) in [4.78, 5) is 13.8. The molecule has 3 nitrogen and oxygen atoms in total. The van der Waals surface area contributed by atoms with Crippen LogP contribution >= 0.6 is 0 Å². The zero-order valence-electron chi connectivity index (χ0n) is 19.4. The summed E-state index contributed by atoms with van der Waals surface area (Å²) in [6.07, 6.45) is 21.6. The minimum absolute atomic E-state index is 0.260. The van der Waals surface area contributed by atoms with Crippen LogP contribution in [0.5, 0.6) is 0 Å². The van der Waals surface area contributed by atoms with E-state index in [0.29, 0.717) is 12.3 Å². The maximum Gasteiger partial charge on any atom is 0.353 e. The summed E-state index contributed by atoms with van der Waals surface area (Å²) >= 11 is 0. The van der Waals surface area contributed by atoms with Gasteiger partial charge in [0.25, 0.3) is 0 Å². The molecule has 0 rings (SSSR count). The van der Waals surface area contributed by atoms with Gasteiger partial charge in [-0.05, 0) is 20.3 Å². The second-order valence-corrected chi connectivity index (χ2v) is 8.06. The number of hydrogen-bond acceptors (Lipinski definition) is 3. The molecule has 0 aromatic heterocycles. The van der Waals surface area contributed by atoms with E-state index in [1.54, 1.807) is 0 Å². The lowest BCUT2D eigenvalue weighted by Gasteiger charge is -2.21. The van der Waals surface area contributed by atoms with Crippen molar-refractivity contribution in [2.75, 3.05) is 19.7 Å². The van der Waals surface area contributed by atoms with E-state index in [2.05, 4.69) is 13.5 Å². The highest BCUT2D eigenvalue weighted by molar-refractivity contribution is 5.87. The molecule has 0 bridgehead atoms. The van der Waals surface area contributed by atoms with Crippen molar-refractivity contribution in [1.29, 1.82) is 0 Å². The summed E-state index contributed by atoms with van der Waals surface area (Å²) in [6, 6.07) is 0. The molecule has 0 aliphatic rings. The summed E-state index contributed by atoms with van der Waals surface area (Å²) in [7, 11) is 0. The van der Waals surface area contributed by atoms with Crippen molar-refractivity contribution in [2.45, 2.75) is 124 Å². The lowest BCUT2D eigenvalue weighted by atomic mass is 10.0. The number of unbranched alkanes of at least 4 members (excludes halogenated alkanes) is 15. The number of carbonyl (C=O) groups excluding carboxylic acids is 1. The summed E-state index contributed by atoms with van der Waals surface area (Å²) in [5.41, 5.74) is 0.487. The molecule has 0 aromatic carbocycles. The number of likely N-dealkylation sites (N-methyl/N-ethyl adjacent to an activating group) is 1. The van der Waals surface area contributed by atoms with Gasteiger partial charge in [0.15, 0.2) is 0 Å². The first-order valence-electron chi connectivity index (χ1n) is 12.3. The molecule has 0 aliphatic heterocycles. The lowest BCUT2D eigenvalue weighted by molar-refractivity contribution is -0.141. The van der Waals surface area contributed by atoms with Crippen LogP contribution in [0.15, 0.2) is 12.3 Å². The van der Waals surface area contributed by atoms with Crippen molar-refractivity contribution in [3.63, 3.8) is 0 Å². The first-order chi connectivity index (χ1) is 13.7. The van der Waals surface area contributed by atoms with Crippen LogP contribution in [-0.4, -0.2) is 30.6 Å². The highest BCUT2D eigenvalue weighted by Crippen LogP contribution is 2.14. The number of carbonyl (C=O) groups is 1. The van der Waals surface area contributed by atoms with Crippen LogP contribution < -0.4 is 0 Å². The molecular formula is C25H49NO2. The average Bonchev–Trinajstić information content (AvgIpc) is 2.70. The number of rotatable bonds is 21. The van der Waals surface area contributed by atoms with E-state index < -0.39 is 0 Å². The van der Waals surface area contributed by atoms with E-state index in [4.69, 9.17) is 4.74 Å². The van der Waals surface area contributed by atoms with Crippen LogP contribution in [0.1, 0.15) is 124 Å². The standard InChI is InChI=1S/C25H49NO2/c1-5-8-9-10-11-12-13-14-15-16-17-18-19-20-21-22-23-28-25(27)24(4)26(6-2)7-3/h4-23H2,1-3H3. The smallest absolute Gasteiger partial charge is 0.353 e. The minimum atomic E-state index is -0.260. The lowest BCUT2D eigenvalue weighted by Crippen LogP contribution is -2.27. The molecule has 0 fully saturated rings. The Labute approximate surface area is 176 Å². The normalized spacial score (nSPS) is 10.8. The van der Waals surface area contributed by atoms with E-state index in [1.807, 2.05) is 18.7 Å². The molecule has 0 heterocycles. The molecule has 0 atom stereocenters. The Morgan fingerprint density at radius 3 is 1.36 bits per heavy atom. The highest BCUT2D eigenvalue weighted by Gasteiger charge is 2.13. The van der Waals surface area contributed by atoms with Crippen LogP contribution in [0, 0.1) is 0 Å². The third-order valence-corrected chi connectivity index (χ3v) is 5.61. The molecule has 0 aromatic rings. The van der Waals surface area contributed by atoms with Crippen LogP contribution in [0.3, 0.4) is 0 Å². The maximum absolute atomic E-state index is 11.9. The number of esters is 1. The number of nitrogens with zero attached hydrogens (tertiary/aromatic N) is 1. The molecule has 166 valence electrons. The van der Waals surface area contributed by atoms with Crippen LogP contribution in [0.4, 0.5) is 0 Å². The Balaban J connectivity index is 3.28. The van der Waals surface area contributed by atoms with Gasteiger partial charge in [-0.3, -0.25) is 0 Å². The van der Waals surface area contributed by atoms with Crippen molar-refractivity contribution >= 4 is 5.97 Å². The molecule has 0 saturated carbocycles. The molecule has 0 aliphatic carbocycles. The van der Waals surface area contributed by atoms with E-state index in [0.717, 1.165) is 25.9 Å². The number of hydrogen-bond donors (Lipinski definition) is 0. The summed E-state index contributed by atoms with van der Waals surface area (Å²) < 4.78 is 5.33. The van der Waals surface area contributed by atoms with Crippen molar-refractivity contribution < 1.29 is 9.53 Å². The maximum atomic E-state index is 11.9. The van der Waals surface area contributed by atoms with Gasteiger partial charge in [0.2, 0.25) is 0 Å². The second kappa shape index (κ2) is 20.7. The molecular weight excluding hydrogens is 346 g/mol. The quantitative estimate of drug-likeness (QED) is 0.114. The largest absolute Gasteiger partial charge is 0.461 e. The molecule has 28 heavy (non-hydrogen) atoms. The van der Waals surface area contributed by atoms with Gasteiger partial charge in [-0.1, -0.05) is 110 Å². The molecule has 0 saturated heterocycles. The van der Waals surface area contributed by atoms with Gasteiger partial charge < -0.3 is 9.64 Å². The van der Waals surface area contributed by atoms with Gasteiger partial charge in [-0.25, -0.2) is 4.79 Å². The molecule has 0 spiro atoms. The first-order valence-corrected chi connectivity index (χ1v) is 12.3. The SMILES string of the molecule is C=C(C(=O)OCCCCCCCCCCCCCCCCCC)N(CC)CC. The first kappa shape index (κ1) is 27.0. The fourth-order valence-corrected chi connectivity index (χ4v) is 3.63. The monoisotopic (exact) mass is 395 g/mol. The van der Waals surface area contributed by atoms with Gasteiger partial charge in [0.05, 0.1) is 6.61 Å². The third-order valence-electron chi connectivity index (χ3n) is 5.61. The van der Waals surface area contributed by atoms with Crippen molar-refractivity contribution in [1.82, 2.24) is 4.90 Å². The van der Waals surface area contributed by atoms with Crippen LogP contribution in [0.25, 0.3) is 0 Å². The van der Waals surface area contributed by atoms with Crippen molar-refractivity contribution in [3.8, 4) is 0 Å². The van der Waals surface area contributed by atoms with Crippen molar-refractivity contribution in [2.24, 2.45) is 0 Å². The fraction of sp³-hybridized carbons (Fsp3) is 0.880. The molecule has 0 unspecified atom stereocenters. The second-order valence-electron chi connectivity index (χ2n) is 8.06. The Kier molecular flexibility index (Phi) is 20.0. The highest BCUT2D eigenvalue weighted by atomic mass is 16.5. The predicted molar refractivity (Wildman–Crippen MR) is 123 cm³/mol. The fourth-order valence-electron chi connectivity index (χ4n) is 3.63.